The van der Waals surface area contributed by atoms with Gasteiger partial charge in [-0.2, -0.15) is 0 Å². The molecule has 0 spiro atoms. The summed E-state index contributed by atoms with van der Waals surface area (Å²) in [5.74, 6) is 0.679. The van der Waals surface area contributed by atoms with Crippen LogP contribution >= 0.6 is 11.6 Å². The minimum Gasteiger partial charge on any atom is -0.492 e. The fraction of sp³-hybridized carbons (Fsp3) is 0.375. The van der Waals surface area contributed by atoms with Crippen LogP contribution in [-0.2, 0) is 18.3 Å². The van der Waals surface area contributed by atoms with Crippen molar-refractivity contribution in [3.63, 3.8) is 0 Å². The van der Waals surface area contributed by atoms with E-state index >= 15 is 0 Å². The number of benzene rings is 1. The fourth-order valence-electron chi connectivity index (χ4n) is 1.99. The first-order valence-corrected chi connectivity index (χ1v) is 7.64. The lowest BCUT2D eigenvalue weighted by Gasteiger charge is -2.08. The van der Waals surface area contributed by atoms with Crippen molar-refractivity contribution in [3.8, 4) is 5.75 Å². The van der Waals surface area contributed by atoms with E-state index in [-0.39, 0.29) is 5.91 Å². The highest BCUT2D eigenvalue weighted by atomic mass is 35.5. The molecule has 2 rings (SSSR count). The van der Waals surface area contributed by atoms with Gasteiger partial charge in [-0.3, -0.25) is 4.79 Å². The maximum atomic E-state index is 11.7. The summed E-state index contributed by atoms with van der Waals surface area (Å²) in [5.41, 5.74) is 0.977. The molecular formula is C16H20ClN3O2. The highest BCUT2D eigenvalue weighted by Gasteiger charge is 2.04. The second-order valence-corrected chi connectivity index (χ2v) is 5.42. The third kappa shape index (κ3) is 5.41. The molecule has 0 atom stereocenters. The minimum atomic E-state index is 0.0266. The molecule has 6 heteroatoms. The first kappa shape index (κ1) is 16.4. The van der Waals surface area contributed by atoms with Crippen LogP contribution in [0.2, 0.25) is 5.02 Å². The van der Waals surface area contributed by atoms with Gasteiger partial charge in [0.1, 0.15) is 5.75 Å². The Labute approximate surface area is 135 Å². The van der Waals surface area contributed by atoms with Crippen LogP contribution in [-0.4, -0.2) is 28.6 Å². The van der Waals surface area contributed by atoms with Crippen molar-refractivity contribution in [2.45, 2.75) is 19.3 Å². The average Bonchev–Trinajstić information content (AvgIpc) is 2.91. The SMILES string of the molecule is Cn1cnc(CCNC(=O)CCCOc2ccccc2Cl)c1. The predicted octanol–water partition coefficient (Wildman–Crippen LogP) is 2.59. The summed E-state index contributed by atoms with van der Waals surface area (Å²) in [6.45, 7) is 1.07. The van der Waals surface area contributed by atoms with E-state index in [9.17, 15) is 4.79 Å². The number of aromatic nitrogens is 2. The maximum absolute atomic E-state index is 11.7. The third-order valence-electron chi connectivity index (χ3n) is 3.10. The molecule has 1 aromatic carbocycles. The summed E-state index contributed by atoms with van der Waals surface area (Å²) in [6, 6.07) is 7.31. The van der Waals surface area contributed by atoms with Crippen LogP contribution in [0.15, 0.2) is 36.8 Å². The smallest absolute Gasteiger partial charge is 0.220 e. The zero-order chi connectivity index (χ0) is 15.8. The van der Waals surface area contributed by atoms with E-state index in [1.165, 1.54) is 0 Å². The summed E-state index contributed by atoms with van der Waals surface area (Å²) < 4.78 is 7.43. The second kappa shape index (κ2) is 8.44. The van der Waals surface area contributed by atoms with Crippen LogP contribution in [0.3, 0.4) is 0 Å². The molecule has 0 fully saturated rings. The van der Waals surface area contributed by atoms with Crippen LogP contribution in [0.5, 0.6) is 5.75 Å². The summed E-state index contributed by atoms with van der Waals surface area (Å²) in [6.07, 6.45) is 5.53. The van der Waals surface area contributed by atoms with Crippen LogP contribution in [0.4, 0.5) is 0 Å². The van der Waals surface area contributed by atoms with Crippen LogP contribution in [0, 0.1) is 0 Å². The van der Waals surface area contributed by atoms with Gasteiger partial charge in [0.25, 0.3) is 0 Å². The van der Waals surface area contributed by atoms with Gasteiger partial charge >= 0.3 is 0 Å². The number of amides is 1. The highest BCUT2D eigenvalue weighted by molar-refractivity contribution is 6.32. The quantitative estimate of drug-likeness (QED) is 0.760. The Morgan fingerprint density at radius 1 is 1.41 bits per heavy atom. The van der Waals surface area contributed by atoms with Gasteiger partial charge in [-0.1, -0.05) is 23.7 Å². The molecule has 0 radical (unpaired) electrons. The highest BCUT2D eigenvalue weighted by Crippen LogP contribution is 2.23. The van der Waals surface area contributed by atoms with Gasteiger partial charge in [0, 0.05) is 32.6 Å². The topological polar surface area (TPSA) is 56.2 Å². The zero-order valence-electron chi connectivity index (χ0n) is 12.6. The van der Waals surface area contributed by atoms with Crippen LogP contribution in [0.1, 0.15) is 18.5 Å². The van der Waals surface area contributed by atoms with E-state index in [4.69, 9.17) is 16.3 Å². The Kier molecular flexibility index (Phi) is 6.27. The Morgan fingerprint density at radius 3 is 2.95 bits per heavy atom. The number of imidazole rings is 1. The van der Waals surface area contributed by atoms with Gasteiger partial charge in [-0.05, 0) is 18.6 Å². The van der Waals surface area contributed by atoms with E-state index in [1.54, 1.807) is 12.4 Å². The van der Waals surface area contributed by atoms with E-state index in [0.717, 1.165) is 12.1 Å². The number of aryl methyl sites for hydroxylation is 1. The molecule has 1 amide bonds. The molecule has 0 aliphatic carbocycles. The lowest BCUT2D eigenvalue weighted by molar-refractivity contribution is -0.121. The van der Waals surface area contributed by atoms with Crippen molar-refractivity contribution in [1.82, 2.24) is 14.9 Å². The molecule has 22 heavy (non-hydrogen) atoms. The van der Waals surface area contributed by atoms with Crippen molar-refractivity contribution < 1.29 is 9.53 Å². The molecule has 1 heterocycles. The number of ether oxygens (including phenoxy) is 1. The average molecular weight is 322 g/mol. The number of nitrogens with zero attached hydrogens (tertiary/aromatic N) is 2. The minimum absolute atomic E-state index is 0.0266. The van der Waals surface area contributed by atoms with Gasteiger partial charge < -0.3 is 14.6 Å². The van der Waals surface area contributed by atoms with E-state index in [1.807, 2.05) is 36.0 Å². The molecule has 0 saturated carbocycles. The number of rotatable bonds is 8. The largest absolute Gasteiger partial charge is 0.492 e. The normalized spacial score (nSPS) is 10.5. The van der Waals surface area contributed by atoms with Crippen molar-refractivity contribution in [1.29, 1.82) is 0 Å². The van der Waals surface area contributed by atoms with E-state index in [0.29, 0.717) is 36.8 Å². The van der Waals surface area contributed by atoms with E-state index in [2.05, 4.69) is 10.3 Å². The van der Waals surface area contributed by atoms with Crippen molar-refractivity contribution >= 4 is 17.5 Å². The first-order valence-electron chi connectivity index (χ1n) is 7.26. The van der Waals surface area contributed by atoms with Gasteiger partial charge in [0.05, 0.1) is 23.7 Å². The molecule has 5 nitrogen and oxygen atoms in total. The monoisotopic (exact) mass is 321 g/mol. The Morgan fingerprint density at radius 2 is 2.23 bits per heavy atom. The van der Waals surface area contributed by atoms with Crippen LogP contribution in [0.25, 0.3) is 0 Å². The Hall–Kier alpha value is -2.01. The van der Waals surface area contributed by atoms with Crippen molar-refractivity contribution in [3.05, 3.63) is 47.5 Å². The fourth-order valence-corrected chi connectivity index (χ4v) is 2.18. The molecule has 2 aromatic rings. The van der Waals surface area contributed by atoms with Crippen LogP contribution < -0.4 is 10.1 Å². The van der Waals surface area contributed by atoms with Crippen molar-refractivity contribution in [2.24, 2.45) is 7.05 Å². The molecule has 1 N–H and O–H groups in total. The number of carbonyl (C=O) groups excluding carboxylic acids is 1. The number of carbonyl (C=O) groups is 1. The second-order valence-electron chi connectivity index (χ2n) is 5.01. The molecule has 0 aliphatic heterocycles. The summed E-state index contributed by atoms with van der Waals surface area (Å²) in [5, 5.41) is 3.47. The van der Waals surface area contributed by atoms with Gasteiger partial charge in [-0.25, -0.2) is 4.98 Å². The van der Waals surface area contributed by atoms with E-state index < -0.39 is 0 Å². The van der Waals surface area contributed by atoms with Gasteiger partial charge in [0.2, 0.25) is 5.91 Å². The van der Waals surface area contributed by atoms with Gasteiger partial charge in [0.15, 0.2) is 0 Å². The molecule has 0 aliphatic rings. The number of hydrogen-bond donors (Lipinski definition) is 1. The molecule has 0 unspecified atom stereocenters. The zero-order valence-corrected chi connectivity index (χ0v) is 13.3. The Balaban J connectivity index is 1.57. The molecule has 0 saturated heterocycles. The summed E-state index contributed by atoms with van der Waals surface area (Å²) in [7, 11) is 1.92. The Bertz CT molecular complexity index is 613. The predicted molar refractivity (Wildman–Crippen MR) is 86.1 cm³/mol. The number of para-hydroxylation sites is 1. The lowest BCUT2D eigenvalue weighted by Crippen LogP contribution is -2.25. The lowest BCUT2D eigenvalue weighted by atomic mass is 10.3. The standard InChI is InChI=1S/C16H20ClN3O2/c1-20-11-13(19-12-20)8-9-18-16(21)7-4-10-22-15-6-3-2-5-14(15)17/h2-3,5-6,11-12H,4,7-10H2,1H3,(H,18,21). The molecule has 1 aromatic heterocycles. The first-order chi connectivity index (χ1) is 10.6. The molecular weight excluding hydrogens is 302 g/mol. The van der Waals surface area contributed by atoms with Crippen molar-refractivity contribution in [2.75, 3.05) is 13.2 Å². The maximum Gasteiger partial charge on any atom is 0.220 e. The third-order valence-corrected chi connectivity index (χ3v) is 3.42. The number of halogens is 1. The molecule has 118 valence electrons. The number of nitrogens with one attached hydrogen (secondary N) is 1. The summed E-state index contributed by atoms with van der Waals surface area (Å²) in [4.78, 5) is 15.9. The number of hydrogen-bond acceptors (Lipinski definition) is 3. The summed E-state index contributed by atoms with van der Waals surface area (Å²) >= 11 is 5.98. The molecule has 0 bridgehead atoms. The van der Waals surface area contributed by atoms with Gasteiger partial charge in [-0.15, -0.1) is 0 Å².